The average Bonchev–Trinajstić information content (AvgIpc) is 3.21. The zero-order valence-electron chi connectivity index (χ0n) is 14.1. The number of thiophene rings is 1. The number of aromatic nitrogens is 1. The zero-order valence-corrected chi connectivity index (χ0v) is 14.9. The highest BCUT2D eigenvalue weighted by molar-refractivity contribution is 7.12. The van der Waals surface area contributed by atoms with Crippen LogP contribution < -0.4 is 4.74 Å². The van der Waals surface area contributed by atoms with Crippen LogP contribution in [0.2, 0.25) is 0 Å². The maximum atomic E-state index is 12.8. The molecule has 6 heteroatoms. The fourth-order valence-corrected chi connectivity index (χ4v) is 4.57. The van der Waals surface area contributed by atoms with Gasteiger partial charge in [0, 0.05) is 37.4 Å². The van der Waals surface area contributed by atoms with Gasteiger partial charge in [-0.3, -0.25) is 4.79 Å². The molecule has 2 aliphatic rings. The molecule has 25 heavy (non-hydrogen) atoms. The summed E-state index contributed by atoms with van der Waals surface area (Å²) >= 11 is 1.50. The van der Waals surface area contributed by atoms with Crippen LogP contribution in [0.4, 0.5) is 0 Å². The lowest BCUT2D eigenvalue weighted by Gasteiger charge is -2.50. The van der Waals surface area contributed by atoms with Crippen molar-refractivity contribution >= 4 is 17.2 Å². The van der Waals surface area contributed by atoms with Crippen molar-refractivity contribution in [2.45, 2.75) is 25.4 Å². The predicted octanol–water partition coefficient (Wildman–Crippen LogP) is 3.23. The lowest BCUT2D eigenvalue weighted by Crippen LogP contribution is -2.58. The van der Waals surface area contributed by atoms with Gasteiger partial charge in [-0.1, -0.05) is 12.1 Å². The molecule has 2 aliphatic heterocycles. The minimum atomic E-state index is -0.152. The molecule has 1 amide bonds. The third-order valence-corrected chi connectivity index (χ3v) is 6.01. The molecule has 0 N–H and O–H groups in total. The number of nitrogens with zero attached hydrogens (tertiary/aromatic N) is 2. The van der Waals surface area contributed by atoms with Crippen molar-refractivity contribution in [2.75, 3.05) is 26.3 Å². The minimum Gasteiger partial charge on any atom is -0.477 e. The van der Waals surface area contributed by atoms with Gasteiger partial charge >= 0.3 is 0 Å². The molecular formula is C19H22N2O3S. The van der Waals surface area contributed by atoms with Gasteiger partial charge in [-0.25, -0.2) is 4.98 Å². The van der Waals surface area contributed by atoms with E-state index in [0.717, 1.165) is 37.3 Å². The van der Waals surface area contributed by atoms with Gasteiger partial charge in [0.05, 0.1) is 17.6 Å². The highest BCUT2D eigenvalue weighted by Crippen LogP contribution is 2.41. The van der Waals surface area contributed by atoms with Gasteiger partial charge in [0.25, 0.3) is 5.91 Å². The number of fused-ring (bicyclic) bond motifs is 1. The minimum absolute atomic E-state index is 0.122. The van der Waals surface area contributed by atoms with Crippen LogP contribution in [0, 0.1) is 5.41 Å². The number of likely N-dealkylation sites (tertiary alicyclic amines) is 1. The molecule has 2 saturated heterocycles. The number of rotatable bonds is 4. The number of carbonyl (C=O) groups is 1. The molecule has 2 aromatic heterocycles. The summed E-state index contributed by atoms with van der Waals surface area (Å²) in [4.78, 5) is 19.8. The van der Waals surface area contributed by atoms with Crippen LogP contribution >= 0.6 is 11.3 Å². The van der Waals surface area contributed by atoms with E-state index >= 15 is 0 Å². The maximum Gasteiger partial charge on any atom is 0.263 e. The van der Waals surface area contributed by atoms with Gasteiger partial charge in [0.2, 0.25) is 5.88 Å². The maximum absolute atomic E-state index is 12.8. The molecule has 0 unspecified atom stereocenters. The summed E-state index contributed by atoms with van der Waals surface area (Å²) in [5.41, 5.74) is -0.152. The van der Waals surface area contributed by atoms with E-state index in [2.05, 4.69) is 4.98 Å². The molecule has 132 valence electrons. The van der Waals surface area contributed by atoms with Crippen molar-refractivity contribution in [3.05, 3.63) is 46.8 Å². The molecular weight excluding hydrogens is 336 g/mol. The highest BCUT2D eigenvalue weighted by Gasteiger charge is 2.48. The van der Waals surface area contributed by atoms with Crippen LogP contribution in [0.1, 0.15) is 28.9 Å². The Hall–Kier alpha value is -1.92. The van der Waals surface area contributed by atoms with E-state index < -0.39 is 0 Å². The van der Waals surface area contributed by atoms with Crippen molar-refractivity contribution in [1.82, 2.24) is 9.88 Å². The molecule has 4 rings (SSSR count). The SMILES string of the molecule is O=C(c1cccs1)N1CC[C@H]2OCCC[C@@]2(COc2ccccn2)C1. The number of ether oxygens (including phenoxy) is 2. The summed E-state index contributed by atoms with van der Waals surface area (Å²) in [5.74, 6) is 0.749. The fraction of sp³-hybridized carbons (Fsp3) is 0.474. The lowest BCUT2D eigenvalue weighted by atomic mass is 9.73. The molecule has 0 aromatic carbocycles. The van der Waals surface area contributed by atoms with Crippen LogP contribution in [0.15, 0.2) is 41.9 Å². The first-order valence-electron chi connectivity index (χ1n) is 8.75. The van der Waals surface area contributed by atoms with Crippen molar-refractivity contribution in [3.63, 3.8) is 0 Å². The molecule has 0 radical (unpaired) electrons. The molecule has 0 spiro atoms. The van der Waals surface area contributed by atoms with Crippen LogP contribution in [0.25, 0.3) is 0 Å². The van der Waals surface area contributed by atoms with E-state index in [4.69, 9.17) is 9.47 Å². The molecule has 2 atom stereocenters. The summed E-state index contributed by atoms with van der Waals surface area (Å²) in [6.07, 6.45) is 4.76. The molecule has 5 nitrogen and oxygen atoms in total. The van der Waals surface area contributed by atoms with E-state index in [1.807, 2.05) is 40.6 Å². The first kappa shape index (κ1) is 16.5. The van der Waals surface area contributed by atoms with Gasteiger partial charge in [0.15, 0.2) is 0 Å². The number of piperidine rings is 1. The van der Waals surface area contributed by atoms with E-state index in [1.54, 1.807) is 6.20 Å². The molecule has 0 aliphatic carbocycles. The van der Waals surface area contributed by atoms with Gasteiger partial charge in [-0.2, -0.15) is 0 Å². The Balaban J connectivity index is 1.51. The number of carbonyl (C=O) groups excluding carboxylic acids is 1. The largest absolute Gasteiger partial charge is 0.477 e. The molecule has 0 saturated carbocycles. The summed E-state index contributed by atoms with van der Waals surface area (Å²) in [6, 6.07) is 9.48. The van der Waals surface area contributed by atoms with Crippen LogP contribution in [0.3, 0.4) is 0 Å². The third kappa shape index (κ3) is 3.41. The van der Waals surface area contributed by atoms with E-state index in [1.165, 1.54) is 11.3 Å². The summed E-state index contributed by atoms with van der Waals surface area (Å²) in [7, 11) is 0. The van der Waals surface area contributed by atoms with Crippen molar-refractivity contribution in [3.8, 4) is 5.88 Å². The zero-order chi connectivity index (χ0) is 17.1. The van der Waals surface area contributed by atoms with Gasteiger partial charge in [-0.05, 0) is 36.8 Å². The predicted molar refractivity (Wildman–Crippen MR) is 96.0 cm³/mol. The van der Waals surface area contributed by atoms with E-state index in [9.17, 15) is 4.79 Å². The smallest absolute Gasteiger partial charge is 0.263 e. The van der Waals surface area contributed by atoms with Crippen LogP contribution in [-0.2, 0) is 4.74 Å². The summed E-state index contributed by atoms with van der Waals surface area (Å²) in [6.45, 7) is 2.76. The van der Waals surface area contributed by atoms with Crippen molar-refractivity contribution in [1.29, 1.82) is 0 Å². The van der Waals surface area contributed by atoms with E-state index in [-0.39, 0.29) is 17.4 Å². The molecule has 2 fully saturated rings. The Bertz CT molecular complexity index is 707. The topological polar surface area (TPSA) is 51.7 Å². The summed E-state index contributed by atoms with van der Waals surface area (Å²) in [5, 5.41) is 1.95. The standard InChI is InChI=1S/C19H22N2O3S/c22-18(15-5-3-12-25-15)21-10-7-16-19(13-21,8-4-11-23-16)14-24-17-6-1-2-9-20-17/h1-3,5-6,9,12,16H,4,7-8,10-11,13-14H2/t16-,19+/m1/s1. The monoisotopic (exact) mass is 358 g/mol. The number of pyridine rings is 1. The van der Waals surface area contributed by atoms with Crippen LogP contribution in [0.5, 0.6) is 5.88 Å². The lowest BCUT2D eigenvalue weighted by molar-refractivity contribution is -0.133. The van der Waals surface area contributed by atoms with Crippen molar-refractivity contribution < 1.29 is 14.3 Å². The Kier molecular flexibility index (Phi) is 4.72. The molecule has 0 bridgehead atoms. The molecule has 4 heterocycles. The summed E-state index contributed by atoms with van der Waals surface area (Å²) < 4.78 is 12.1. The quantitative estimate of drug-likeness (QED) is 0.842. The van der Waals surface area contributed by atoms with Crippen LogP contribution in [-0.4, -0.2) is 48.2 Å². The van der Waals surface area contributed by atoms with Gasteiger partial charge < -0.3 is 14.4 Å². The number of hydrogen-bond donors (Lipinski definition) is 0. The second-order valence-electron chi connectivity index (χ2n) is 6.77. The number of amides is 1. The Morgan fingerprint density at radius 2 is 2.36 bits per heavy atom. The second-order valence-corrected chi connectivity index (χ2v) is 7.72. The Morgan fingerprint density at radius 3 is 3.16 bits per heavy atom. The van der Waals surface area contributed by atoms with Gasteiger partial charge in [-0.15, -0.1) is 11.3 Å². The number of hydrogen-bond acceptors (Lipinski definition) is 5. The Morgan fingerprint density at radius 1 is 1.40 bits per heavy atom. The van der Waals surface area contributed by atoms with E-state index in [0.29, 0.717) is 19.0 Å². The molecule has 2 aromatic rings. The van der Waals surface area contributed by atoms with Crippen molar-refractivity contribution in [2.24, 2.45) is 5.41 Å². The first-order chi connectivity index (χ1) is 12.3. The van der Waals surface area contributed by atoms with Gasteiger partial charge in [0.1, 0.15) is 0 Å². The Labute approximate surface area is 151 Å². The second kappa shape index (κ2) is 7.14. The normalized spacial score (nSPS) is 26.1. The highest BCUT2D eigenvalue weighted by atomic mass is 32.1. The average molecular weight is 358 g/mol. The fourth-order valence-electron chi connectivity index (χ4n) is 3.88. The first-order valence-corrected chi connectivity index (χ1v) is 9.63. The third-order valence-electron chi connectivity index (χ3n) is 5.15.